The molecule has 2 heterocycles. The highest BCUT2D eigenvalue weighted by molar-refractivity contribution is 7.91. The van der Waals surface area contributed by atoms with Crippen LogP contribution in [0.25, 0.3) is 0 Å². The van der Waals surface area contributed by atoms with Gasteiger partial charge in [0.25, 0.3) is 10.0 Å². The molecule has 0 bridgehead atoms. The van der Waals surface area contributed by atoms with Crippen molar-refractivity contribution in [3.05, 3.63) is 46.8 Å². The summed E-state index contributed by atoms with van der Waals surface area (Å²) in [5, 5.41) is 2.16. The van der Waals surface area contributed by atoms with Crippen LogP contribution in [0, 0.1) is 0 Å². The van der Waals surface area contributed by atoms with E-state index in [0.717, 1.165) is 11.3 Å². The summed E-state index contributed by atoms with van der Waals surface area (Å²) in [6, 6.07) is 9.17. The molecule has 1 aliphatic rings. The highest BCUT2D eigenvalue weighted by Crippen LogP contribution is 2.24. The summed E-state index contributed by atoms with van der Waals surface area (Å²) in [7, 11) is -7.19. The Kier molecular flexibility index (Phi) is 5.01. The first-order valence-corrected chi connectivity index (χ1v) is 11.2. The summed E-state index contributed by atoms with van der Waals surface area (Å²) in [4.78, 5) is 0.154. The second kappa shape index (κ2) is 6.74. The van der Waals surface area contributed by atoms with E-state index in [2.05, 4.69) is 0 Å². The fraction of sp³-hybridized carbons (Fsp3) is 0.286. The van der Waals surface area contributed by atoms with Gasteiger partial charge >= 0.3 is 0 Å². The van der Waals surface area contributed by atoms with E-state index in [1.165, 1.54) is 32.9 Å². The first-order chi connectivity index (χ1) is 11.3. The molecule has 3 rings (SSSR count). The van der Waals surface area contributed by atoms with Gasteiger partial charge in [-0.1, -0.05) is 17.7 Å². The molecule has 0 amide bonds. The van der Waals surface area contributed by atoms with Crippen LogP contribution in [0.4, 0.5) is 0 Å². The zero-order chi connectivity index (χ0) is 17.4. The molecule has 0 spiro atoms. The predicted octanol–water partition coefficient (Wildman–Crippen LogP) is 2.10. The highest BCUT2D eigenvalue weighted by Gasteiger charge is 2.34. The van der Waals surface area contributed by atoms with E-state index < -0.39 is 20.0 Å². The van der Waals surface area contributed by atoms with Gasteiger partial charge in [-0.25, -0.2) is 16.8 Å². The van der Waals surface area contributed by atoms with E-state index in [4.69, 9.17) is 11.6 Å². The highest BCUT2D eigenvalue weighted by atomic mass is 35.5. The Balaban J connectivity index is 1.74. The van der Waals surface area contributed by atoms with Crippen LogP contribution >= 0.6 is 22.9 Å². The van der Waals surface area contributed by atoms with Crippen LogP contribution in [0.1, 0.15) is 0 Å². The van der Waals surface area contributed by atoms with Gasteiger partial charge in [-0.2, -0.15) is 8.61 Å². The molecule has 1 fully saturated rings. The molecule has 0 unspecified atom stereocenters. The van der Waals surface area contributed by atoms with Gasteiger partial charge in [-0.3, -0.25) is 0 Å². The summed E-state index contributed by atoms with van der Waals surface area (Å²) in [5.41, 5.74) is 0. The second-order valence-corrected chi connectivity index (χ2v) is 10.7. The van der Waals surface area contributed by atoms with Gasteiger partial charge in [0.15, 0.2) is 0 Å². The fourth-order valence-electron chi connectivity index (χ4n) is 2.44. The molecule has 0 saturated carbocycles. The van der Waals surface area contributed by atoms with Crippen molar-refractivity contribution in [1.29, 1.82) is 0 Å². The van der Waals surface area contributed by atoms with E-state index in [1.807, 2.05) is 0 Å². The fourth-order valence-corrected chi connectivity index (χ4v) is 6.56. The summed E-state index contributed by atoms with van der Waals surface area (Å²) < 4.78 is 53.0. The van der Waals surface area contributed by atoms with E-state index in [1.54, 1.807) is 17.5 Å². The SMILES string of the molecule is O=S(=O)(c1ccc(Cl)cc1)N1CCN(S(=O)(=O)c2cccs2)CC1. The van der Waals surface area contributed by atoms with Gasteiger partial charge in [0, 0.05) is 31.2 Å². The minimum Gasteiger partial charge on any atom is -0.207 e. The van der Waals surface area contributed by atoms with Gasteiger partial charge in [0.1, 0.15) is 4.21 Å². The van der Waals surface area contributed by atoms with Crippen molar-refractivity contribution in [2.45, 2.75) is 9.10 Å². The number of thiophene rings is 1. The van der Waals surface area contributed by atoms with E-state index in [0.29, 0.717) is 5.02 Å². The van der Waals surface area contributed by atoms with Crippen molar-refractivity contribution in [2.75, 3.05) is 26.2 Å². The average molecular weight is 407 g/mol. The van der Waals surface area contributed by atoms with Crippen molar-refractivity contribution >= 4 is 43.0 Å². The number of halogens is 1. The third-order valence-corrected chi connectivity index (χ3v) is 9.17. The zero-order valence-electron chi connectivity index (χ0n) is 12.5. The Morgan fingerprint density at radius 1 is 0.833 bits per heavy atom. The maximum Gasteiger partial charge on any atom is 0.252 e. The van der Waals surface area contributed by atoms with Crippen molar-refractivity contribution in [3.63, 3.8) is 0 Å². The molecule has 24 heavy (non-hydrogen) atoms. The van der Waals surface area contributed by atoms with Gasteiger partial charge < -0.3 is 0 Å². The Morgan fingerprint density at radius 3 is 1.88 bits per heavy atom. The second-order valence-electron chi connectivity index (χ2n) is 5.19. The Labute approximate surface area is 150 Å². The molecule has 0 N–H and O–H groups in total. The number of hydrogen-bond acceptors (Lipinski definition) is 5. The Bertz CT molecular complexity index is 901. The number of hydrogen-bond donors (Lipinski definition) is 0. The normalized spacial score (nSPS) is 17.9. The smallest absolute Gasteiger partial charge is 0.207 e. The van der Waals surface area contributed by atoms with Crippen molar-refractivity contribution < 1.29 is 16.8 Å². The molecular formula is C14H15ClN2O4S3. The van der Waals surface area contributed by atoms with Crippen LogP contribution in [-0.4, -0.2) is 51.6 Å². The molecule has 1 saturated heterocycles. The maximum absolute atomic E-state index is 12.6. The standard InChI is InChI=1S/C14H15ClN2O4S3/c15-12-3-5-13(6-4-12)23(18,19)16-7-9-17(10-8-16)24(20,21)14-2-1-11-22-14/h1-6,11H,7-10H2. The van der Waals surface area contributed by atoms with Gasteiger partial charge in [0.2, 0.25) is 10.0 Å². The minimum atomic E-state index is -3.65. The largest absolute Gasteiger partial charge is 0.252 e. The third kappa shape index (κ3) is 3.37. The number of benzene rings is 1. The minimum absolute atomic E-state index is 0.121. The van der Waals surface area contributed by atoms with Crippen LogP contribution in [0.2, 0.25) is 5.02 Å². The predicted molar refractivity (Wildman–Crippen MR) is 93.3 cm³/mol. The molecule has 1 aliphatic heterocycles. The van der Waals surface area contributed by atoms with Crippen LogP contribution in [0.15, 0.2) is 50.9 Å². The number of piperazine rings is 1. The molecule has 1 aromatic carbocycles. The average Bonchev–Trinajstić information content (AvgIpc) is 3.11. The van der Waals surface area contributed by atoms with Crippen LogP contribution in [0.5, 0.6) is 0 Å². The Morgan fingerprint density at radius 2 is 1.38 bits per heavy atom. The quantitative estimate of drug-likeness (QED) is 0.779. The lowest BCUT2D eigenvalue weighted by molar-refractivity contribution is 0.273. The molecular weight excluding hydrogens is 392 g/mol. The van der Waals surface area contributed by atoms with Crippen LogP contribution in [-0.2, 0) is 20.0 Å². The number of rotatable bonds is 4. The molecule has 1 aromatic heterocycles. The Hall–Kier alpha value is -0.970. The van der Waals surface area contributed by atoms with Gasteiger partial charge in [-0.15, -0.1) is 11.3 Å². The third-order valence-electron chi connectivity index (χ3n) is 3.74. The molecule has 2 aromatic rings. The number of sulfonamides is 2. The summed E-state index contributed by atoms with van der Waals surface area (Å²) >= 11 is 6.94. The lowest BCUT2D eigenvalue weighted by atomic mass is 10.4. The van der Waals surface area contributed by atoms with Crippen LogP contribution < -0.4 is 0 Å². The molecule has 130 valence electrons. The van der Waals surface area contributed by atoms with Gasteiger partial charge in [-0.05, 0) is 35.7 Å². The van der Waals surface area contributed by atoms with Crippen molar-refractivity contribution in [3.8, 4) is 0 Å². The first kappa shape index (κ1) is 17.8. The van der Waals surface area contributed by atoms with Crippen molar-refractivity contribution in [2.24, 2.45) is 0 Å². The van der Waals surface area contributed by atoms with E-state index in [9.17, 15) is 16.8 Å². The monoisotopic (exact) mass is 406 g/mol. The summed E-state index contributed by atoms with van der Waals surface area (Å²) in [6.45, 7) is 0.505. The van der Waals surface area contributed by atoms with E-state index >= 15 is 0 Å². The van der Waals surface area contributed by atoms with Crippen molar-refractivity contribution in [1.82, 2.24) is 8.61 Å². The summed E-state index contributed by atoms with van der Waals surface area (Å²) in [5.74, 6) is 0. The molecule has 0 aliphatic carbocycles. The number of nitrogens with zero attached hydrogens (tertiary/aromatic N) is 2. The molecule has 10 heteroatoms. The topological polar surface area (TPSA) is 74.8 Å². The summed E-state index contributed by atoms with van der Waals surface area (Å²) in [6.07, 6.45) is 0. The molecule has 6 nitrogen and oxygen atoms in total. The lowest BCUT2D eigenvalue weighted by Crippen LogP contribution is -2.50. The van der Waals surface area contributed by atoms with Crippen LogP contribution in [0.3, 0.4) is 0 Å². The van der Waals surface area contributed by atoms with E-state index in [-0.39, 0.29) is 35.3 Å². The zero-order valence-corrected chi connectivity index (χ0v) is 15.7. The molecule has 0 atom stereocenters. The molecule has 0 radical (unpaired) electrons. The lowest BCUT2D eigenvalue weighted by Gasteiger charge is -2.32. The first-order valence-electron chi connectivity index (χ1n) is 7.11. The van der Waals surface area contributed by atoms with Gasteiger partial charge in [0.05, 0.1) is 4.90 Å². The maximum atomic E-state index is 12.6.